The Morgan fingerprint density at radius 3 is 2.09 bits per heavy atom. The van der Waals surface area contributed by atoms with Crippen molar-refractivity contribution < 1.29 is 23.9 Å². The van der Waals surface area contributed by atoms with Crippen molar-refractivity contribution in [1.29, 1.82) is 0 Å². The molecule has 1 atom stereocenters. The standard InChI is InChI=1S/C27H31N3O5/c1-3-4-17-35-27(34)21-7-11-23(12-8-21)30-25(32)18-24(26(30)33)29-15-13-28(14-16-29)22-9-5-20(6-10-22)19(2)31/h5-12,24H,3-4,13-18H2,1-2H3/t24-/m0/s1. The Balaban J connectivity index is 1.36. The number of rotatable bonds is 8. The Morgan fingerprint density at radius 1 is 0.886 bits per heavy atom. The van der Waals surface area contributed by atoms with Crippen LogP contribution in [0.1, 0.15) is 53.8 Å². The fraction of sp³-hybridized carbons (Fsp3) is 0.407. The topological polar surface area (TPSA) is 87.2 Å². The first-order valence-corrected chi connectivity index (χ1v) is 12.1. The highest BCUT2D eigenvalue weighted by Crippen LogP contribution is 2.27. The number of imide groups is 1. The normalized spacial score (nSPS) is 18.7. The molecule has 0 aliphatic carbocycles. The van der Waals surface area contributed by atoms with E-state index in [-0.39, 0.29) is 24.0 Å². The van der Waals surface area contributed by atoms with Gasteiger partial charge in [-0.3, -0.25) is 19.3 Å². The van der Waals surface area contributed by atoms with Gasteiger partial charge in [-0.1, -0.05) is 13.3 Å². The van der Waals surface area contributed by atoms with Crippen LogP contribution in [0.15, 0.2) is 48.5 Å². The van der Waals surface area contributed by atoms with Crippen LogP contribution in [0.5, 0.6) is 0 Å². The number of hydrogen-bond acceptors (Lipinski definition) is 7. The minimum Gasteiger partial charge on any atom is -0.462 e. The van der Waals surface area contributed by atoms with Crippen molar-refractivity contribution in [2.24, 2.45) is 0 Å². The molecule has 2 heterocycles. The first-order chi connectivity index (χ1) is 16.9. The summed E-state index contributed by atoms with van der Waals surface area (Å²) in [6.07, 6.45) is 1.89. The first-order valence-electron chi connectivity index (χ1n) is 12.1. The van der Waals surface area contributed by atoms with Gasteiger partial charge in [0.2, 0.25) is 5.91 Å². The van der Waals surface area contributed by atoms with Gasteiger partial charge in [0.1, 0.15) is 0 Å². The number of ketones is 1. The van der Waals surface area contributed by atoms with E-state index in [0.29, 0.717) is 36.5 Å². The van der Waals surface area contributed by atoms with Gasteiger partial charge in [-0.15, -0.1) is 0 Å². The number of amides is 2. The maximum atomic E-state index is 13.2. The van der Waals surface area contributed by atoms with Crippen molar-refractivity contribution in [3.8, 4) is 0 Å². The van der Waals surface area contributed by atoms with Gasteiger partial charge in [0, 0.05) is 37.4 Å². The number of hydrogen-bond donors (Lipinski definition) is 0. The van der Waals surface area contributed by atoms with Crippen LogP contribution in [0, 0.1) is 0 Å². The van der Waals surface area contributed by atoms with Crippen LogP contribution >= 0.6 is 0 Å². The minimum absolute atomic E-state index is 0.0388. The molecule has 184 valence electrons. The van der Waals surface area contributed by atoms with Gasteiger partial charge in [-0.05, 0) is 61.9 Å². The van der Waals surface area contributed by atoms with E-state index in [0.717, 1.165) is 31.6 Å². The van der Waals surface area contributed by atoms with Crippen molar-refractivity contribution in [3.05, 3.63) is 59.7 Å². The van der Waals surface area contributed by atoms with E-state index in [1.807, 2.05) is 31.2 Å². The number of anilines is 2. The second kappa shape index (κ2) is 10.8. The molecule has 2 fully saturated rings. The number of Topliss-reactive ketones (excluding diaryl/α,β-unsaturated/α-hetero) is 1. The van der Waals surface area contributed by atoms with Crippen LogP contribution in [0.2, 0.25) is 0 Å². The third-order valence-corrected chi connectivity index (χ3v) is 6.61. The molecule has 0 unspecified atom stereocenters. The van der Waals surface area contributed by atoms with Crippen LogP contribution in [0.25, 0.3) is 0 Å². The smallest absolute Gasteiger partial charge is 0.338 e. The molecule has 2 aliphatic heterocycles. The maximum Gasteiger partial charge on any atom is 0.338 e. The highest BCUT2D eigenvalue weighted by atomic mass is 16.5. The molecule has 8 nitrogen and oxygen atoms in total. The number of esters is 1. The third-order valence-electron chi connectivity index (χ3n) is 6.61. The average molecular weight is 478 g/mol. The van der Waals surface area contributed by atoms with E-state index in [4.69, 9.17) is 4.74 Å². The monoisotopic (exact) mass is 477 g/mol. The van der Waals surface area contributed by atoms with E-state index in [1.165, 1.54) is 4.90 Å². The summed E-state index contributed by atoms with van der Waals surface area (Å²) in [5.74, 6) is -0.833. The number of benzene rings is 2. The van der Waals surface area contributed by atoms with Gasteiger partial charge < -0.3 is 9.64 Å². The van der Waals surface area contributed by atoms with Gasteiger partial charge in [0.15, 0.2) is 5.78 Å². The highest BCUT2D eigenvalue weighted by Gasteiger charge is 2.43. The predicted octanol–water partition coefficient (Wildman–Crippen LogP) is 3.30. The number of ether oxygens (including phenoxy) is 1. The quantitative estimate of drug-likeness (QED) is 0.250. The summed E-state index contributed by atoms with van der Waals surface area (Å²) in [6, 6.07) is 13.5. The molecule has 8 heteroatoms. The van der Waals surface area contributed by atoms with Gasteiger partial charge >= 0.3 is 5.97 Å². The molecule has 2 aromatic rings. The zero-order valence-electron chi connectivity index (χ0n) is 20.2. The van der Waals surface area contributed by atoms with Gasteiger partial charge in [0.25, 0.3) is 5.91 Å². The second-order valence-corrected chi connectivity index (χ2v) is 8.95. The van der Waals surface area contributed by atoms with Crippen molar-refractivity contribution in [1.82, 2.24) is 4.90 Å². The number of carbonyl (C=O) groups excluding carboxylic acids is 4. The molecule has 4 rings (SSSR count). The van der Waals surface area contributed by atoms with E-state index < -0.39 is 12.0 Å². The second-order valence-electron chi connectivity index (χ2n) is 8.95. The van der Waals surface area contributed by atoms with E-state index >= 15 is 0 Å². The van der Waals surface area contributed by atoms with Crippen LogP contribution < -0.4 is 9.80 Å². The largest absolute Gasteiger partial charge is 0.462 e. The predicted molar refractivity (Wildman–Crippen MR) is 133 cm³/mol. The van der Waals surface area contributed by atoms with Crippen LogP contribution in [0.3, 0.4) is 0 Å². The molecule has 2 saturated heterocycles. The molecule has 2 aromatic carbocycles. The Bertz CT molecular complexity index is 1090. The van der Waals surface area contributed by atoms with Gasteiger partial charge in [-0.25, -0.2) is 9.69 Å². The van der Waals surface area contributed by atoms with Crippen LogP contribution in [0.4, 0.5) is 11.4 Å². The zero-order chi connectivity index (χ0) is 24.9. The van der Waals surface area contributed by atoms with Crippen molar-refractivity contribution >= 4 is 34.9 Å². The fourth-order valence-electron chi connectivity index (χ4n) is 4.51. The summed E-state index contributed by atoms with van der Waals surface area (Å²) in [5, 5.41) is 0. The lowest BCUT2D eigenvalue weighted by Crippen LogP contribution is -2.52. The maximum absolute atomic E-state index is 13.2. The molecule has 35 heavy (non-hydrogen) atoms. The highest BCUT2D eigenvalue weighted by molar-refractivity contribution is 6.22. The Kier molecular flexibility index (Phi) is 7.60. The Labute approximate surface area is 205 Å². The summed E-state index contributed by atoms with van der Waals surface area (Å²) >= 11 is 0. The van der Waals surface area contributed by atoms with Crippen LogP contribution in [-0.4, -0.2) is 67.3 Å². The first kappa shape index (κ1) is 24.6. The minimum atomic E-state index is -0.483. The summed E-state index contributed by atoms with van der Waals surface area (Å²) in [4.78, 5) is 55.1. The number of unbranched alkanes of at least 4 members (excludes halogenated alkanes) is 1. The molecule has 2 aliphatic rings. The number of nitrogens with zero attached hydrogens (tertiary/aromatic N) is 3. The average Bonchev–Trinajstić information content (AvgIpc) is 3.18. The van der Waals surface area contributed by atoms with E-state index in [2.05, 4.69) is 9.80 Å². The lowest BCUT2D eigenvalue weighted by atomic mass is 10.1. The lowest BCUT2D eigenvalue weighted by Gasteiger charge is -2.38. The zero-order valence-corrected chi connectivity index (χ0v) is 20.2. The van der Waals surface area contributed by atoms with Gasteiger partial charge in [0.05, 0.1) is 30.3 Å². The number of carbonyl (C=O) groups is 4. The SMILES string of the molecule is CCCCOC(=O)c1ccc(N2C(=O)C[C@H](N3CCN(c4ccc(C(C)=O)cc4)CC3)C2=O)cc1. The summed E-state index contributed by atoms with van der Waals surface area (Å²) in [6.45, 7) is 6.73. The van der Waals surface area contributed by atoms with E-state index in [9.17, 15) is 19.2 Å². The lowest BCUT2D eigenvalue weighted by molar-refractivity contribution is -0.123. The van der Waals surface area contributed by atoms with Gasteiger partial charge in [-0.2, -0.15) is 0 Å². The van der Waals surface area contributed by atoms with Crippen molar-refractivity contribution in [3.63, 3.8) is 0 Å². The molecular weight excluding hydrogens is 446 g/mol. The molecule has 0 saturated carbocycles. The molecule has 0 bridgehead atoms. The Hall–Kier alpha value is -3.52. The fourth-order valence-corrected chi connectivity index (χ4v) is 4.51. The summed E-state index contributed by atoms with van der Waals surface area (Å²) in [7, 11) is 0. The summed E-state index contributed by atoms with van der Waals surface area (Å²) in [5.41, 5.74) is 2.59. The third kappa shape index (κ3) is 5.43. The van der Waals surface area contributed by atoms with Crippen LogP contribution in [-0.2, 0) is 14.3 Å². The molecule has 0 radical (unpaired) electrons. The van der Waals surface area contributed by atoms with E-state index in [1.54, 1.807) is 31.2 Å². The molecule has 0 aromatic heterocycles. The summed E-state index contributed by atoms with van der Waals surface area (Å²) < 4.78 is 5.22. The Morgan fingerprint density at radius 2 is 1.49 bits per heavy atom. The van der Waals surface area contributed by atoms with Crippen molar-refractivity contribution in [2.45, 2.75) is 39.2 Å². The van der Waals surface area contributed by atoms with Crippen molar-refractivity contribution in [2.75, 3.05) is 42.6 Å². The molecular formula is C27H31N3O5. The number of piperazine rings is 1. The molecule has 2 amide bonds. The molecule has 0 spiro atoms. The molecule has 0 N–H and O–H groups in total.